The standard InChI is InChI=1S/C17H25N3O/c1-19(2)17-11-20(8-6-15(17)12-21)10-13-3-4-16-14(9-13)5-7-18-16/h3-5,7,9,15,17-18,21H,6,8,10-12H2,1-2H3/t15-,17-/m1/s1. The lowest BCUT2D eigenvalue weighted by Gasteiger charge is -2.41. The molecule has 114 valence electrons. The number of nitrogens with zero attached hydrogens (tertiary/aromatic N) is 2. The normalized spacial score (nSPS) is 24.0. The number of aliphatic hydroxyl groups is 1. The maximum Gasteiger partial charge on any atom is 0.0475 e. The van der Waals surface area contributed by atoms with Gasteiger partial charge in [-0.2, -0.15) is 0 Å². The van der Waals surface area contributed by atoms with E-state index in [-0.39, 0.29) is 0 Å². The minimum Gasteiger partial charge on any atom is -0.396 e. The van der Waals surface area contributed by atoms with Crippen LogP contribution < -0.4 is 0 Å². The molecular formula is C17H25N3O. The van der Waals surface area contributed by atoms with E-state index in [0.717, 1.165) is 26.1 Å². The maximum absolute atomic E-state index is 9.53. The summed E-state index contributed by atoms with van der Waals surface area (Å²) >= 11 is 0. The topological polar surface area (TPSA) is 42.5 Å². The van der Waals surface area contributed by atoms with Crippen LogP contribution in [-0.4, -0.2) is 59.7 Å². The van der Waals surface area contributed by atoms with Gasteiger partial charge < -0.3 is 15.0 Å². The third-order valence-corrected chi connectivity index (χ3v) is 4.73. The summed E-state index contributed by atoms with van der Waals surface area (Å²) in [5, 5.41) is 10.8. The first-order valence-electron chi connectivity index (χ1n) is 7.73. The van der Waals surface area contributed by atoms with E-state index in [1.54, 1.807) is 0 Å². The first-order chi connectivity index (χ1) is 10.2. The molecule has 0 saturated carbocycles. The summed E-state index contributed by atoms with van der Waals surface area (Å²) in [5.74, 6) is 0.406. The van der Waals surface area contributed by atoms with Gasteiger partial charge in [0.05, 0.1) is 0 Å². The lowest BCUT2D eigenvalue weighted by atomic mass is 9.91. The monoisotopic (exact) mass is 287 g/mol. The molecule has 4 heteroatoms. The molecular weight excluding hydrogens is 262 g/mol. The minimum absolute atomic E-state index is 0.298. The number of fused-ring (bicyclic) bond motifs is 1. The number of hydrogen-bond donors (Lipinski definition) is 2. The highest BCUT2D eigenvalue weighted by Gasteiger charge is 2.30. The summed E-state index contributed by atoms with van der Waals surface area (Å²) in [6, 6.07) is 9.21. The van der Waals surface area contributed by atoms with Crippen molar-refractivity contribution in [3.63, 3.8) is 0 Å². The Labute approximate surface area is 126 Å². The molecule has 0 radical (unpaired) electrons. The Balaban J connectivity index is 1.69. The predicted octanol–water partition coefficient (Wildman–Crippen LogP) is 1.91. The Morgan fingerprint density at radius 3 is 2.95 bits per heavy atom. The van der Waals surface area contributed by atoms with E-state index in [4.69, 9.17) is 0 Å². The van der Waals surface area contributed by atoms with Gasteiger partial charge in [0, 0.05) is 37.5 Å². The molecule has 1 aromatic heterocycles. The number of likely N-dealkylation sites (tertiary alicyclic amines) is 1. The second-order valence-corrected chi connectivity index (χ2v) is 6.40. The van der Waals surface area contributed by atoms with Crippen LogP contribution in [0.5, 0.6) is 0 Å². The van der Waals surface area contributed by atoms with E-state index < -0.39 is 0 Å². The second-order valence-electron chi connectivity index (χ2n) is 6.40. The van der Waals surface area contributed by atoms with Crippen LogP contribution in [0, 0.1) is 5.92 Å². The van der Waals surface area contributed by atoms with E-state index in [9.17, 15) is 5.11 Å². The number of piperidine rings is 1. The van der Waals surface area contributed by atoms with Crippen LogP contribution in [0.3, 0.4) is 0 Å². The van der Waals surface area contributed by atoms with Gasteiger partial charge in [-0.1, -0.05) is 6.07 Å². The first-order valence-corrected chi connectivity index (χ1v) is 7.73. The van der Waals surface area contributed by atoms with Gasteiger partial charge in [0.1, 0.15) is 0 Å². The molecule has 2 N–H and O–H groups in total. The SMILES string of the molecule is CN(C)[C@@H]1CN(Cc2ccc3[nH]ccc3c2)CC[C@@H]1CO. The maximum atomic E-state index is 9.53. The lowest BCUT2D eigenvalue weighted by Crippen LogP contribution is -2.51. The average Bonchev–Trinajstić information content (AvgIpc) is 2.94. The van der Waals surface area contributed by atoms with Crippen LogP contribution >= 0.6 is 0 Å². The highest BCUT2D eigenvalue weighted by Crippen LogP contribution is 2.23. The molecule has 21 heavy (non-hydrogen) atoms. The van der Waals surface area contributed by atoms with Crippen molar-refractivity contribution >= 4 is 10.9 Å². The summed E-state index contributed by atoms with van der Waals surface area (Å²) < 4.78 is 0. The molecule has 2 aromatic rings. The molecule has 1 fully saturated rings. The molecule has 4 nitrogen and oxygen atoms in total. The molecule has 0 unspecified atom stereocenters. The van der Waals surface area contributed by atoms with Crippen molar-refractivity contribution in [1.29, 1.82) is 0 Å². The van der Waals surface area contributed by atoms with E-state index >= 15 is 0 Å². The Morgan fingerprint density at radius 1 is 1.33 bits per heavy atom. The lowest BCUT2D eigenvalue weighted by molar-refractivity contribution is 0.0461. The van der Waals surface area contributed by atoms with Gasteiger partial charge in [-0.15, -0.1) is 0 Å². The number of nitrogens with one attached hydrogen (secondary N) is 1. The predicted molar refractivity (Wildman–Crippen MR) is 86.2 cm³/mol. The van der Waals surface area contributed by atoms with Crippen LogP contribution in [0.2, 0.25) is 0 Å². The largest absolute Gasteiger partial charge is 0.396 e. The summed E-state index contributed by atoms with van der Waals surface area (Å²) in [7, 11) is 4.23. The van der Waals surface area contributed by atoms with Crippen molar-refractivity contribution in [3.8, 4) is 0 Å². The van der Waals surface area contributed by atoms with Gasteiger partial charge in [0.2, 0.25) is 0 Å². The molecule has 0 spiro atoms. The molecule has 1 aliphatic rings. The molecule has 1 aliphatic heterocycles. The van der Waals surface area contributed by atoms with Gasteiger partial charge in [-0.05, 0) is 62.1 Å². The second kappa shape index (κ2) is 6.18. The fourth-order valence-electron chi connectivity index (χ4n) is 3.45. The van der Waals surface area contributed by atoms with Crippen molar-refractivity contribution in [2.24, 2.45) is 5.92 Å². The Kier molecular flexibility index (Phi) is 4.29. The Bertz CT molecular complexity index is 592. The van der Waals surface area contributed by atoms with Crippen LogP contribution in [0.15, 0.2) is 30.5 Å². The number of aliphatic hydroxyl groups excluding tert-OH is 1. The highest BCUT2D eigenvalue weighted by molar-refractivity contribution is 5.79. The number of benzene rings is 1. The zero-order chi connectivity index (χ0) is 14.8. The van der Waals surface area contributed by atoms with Crippen LogP contribution in [0.25, 0.3) is 10.9 Å². The zero-order valence-corrected chi connectivity index (χ0v) is 12.9. The van der Waals surface area contributed by atoms with Crippen molar-refractivity contribution in [3.05, 3.63) is 36.0 Å². The van der Waals surface area contributed by atoms with Gasteiger partial charge >= 0.3 is 0 Å². The number of hydrogen-bond acceptors (Lipinski definition) is 3. The third-order valence-electron chi connectivity index (χ3n) is 4.73. The zero-order valence-electron chi connectivity index (χ0n) is 12.9. The van der Waals surface area contributed by atoms with E-state index in [2.05, 4.69) is 53.1 Å². The number of aromatic amines is 1. The fraction of sp³-hybridized carbons (Fsp3) is 0.529. The fourth-order valence-corrected chi connectivity index (χ4v) is 3.45. The summed E-state index contributed by atoms with van der Waals surface area (Å²) in [4.78, 5) is 7.99. The van der Waals surface area contributed by atoms with Crippen molar-refractivity contribution in [2.45, 2.75) is 19.0 Å². The minimum atomic E-state index is 0.298. The van der Waals surface area contributed by atoms with Gasteiger partial charge in [-0.25, -0.2) is 0 Å². The van der Waals surface area contributed by atoms with E-state index in [1.165, 1.54) is 16.5 Å². The van der Waals surface area contributed by atoms with Crippen molar-refractivity contribution in [2.75, 3.05) is 33.8 Å². The summed E-state index contributed by atoms with van der Waals surface area (Å²) in [6.07, 6.45) is 3.06. The number of likely N-dealkylation sites (N-methyl/N-ethyl adjacent to an activating group) is 1. The van der Waals surface area contributed by atoms with Crippen LogP contribution in [0.4, 0.5) is 0 Å². The number of rotatable bonds is 4. The summed E-state index contributed by atoms with van der Waals surface area (Å²) in [6.45, 7) is 3.39. The molecule has 0 amide bonds. The molecule has 1 aromatic carbocycles. The average molecular weight is 287 g/mol. The van der Waals surface area contributed by atoms with Gasteiger partial charge in [0.25, 0.3) is 0 Å². The van der Waals surface area contributed by atoms with Crippen LogP contribution in [0.1, 0.15) is 12.0 Å². The van der Waals surface area contributed by atoms with Gasteiger partial charge in [-0.3, -0.25) is 4.90 Å². The molecule has 2 atom stereocenters. The Hall–Kier alpha value is -1.36. The van der Waals surface area contributed by atoms with E-state index in [0.29, 0.717) is 18.6 Å². The van der Waals surface area contributed by atoms with E-state index in [1.807, 2.05) is 6.20 Å². The molecule has 0 aliphatic carbocycles. The highest BCUT2D eigenvalue weighted by atomic mass is 16.3. The van der Waals surface area contributed by atoms with Crippen molar-refractivity contribution < 1.29 is 5.11 Å². The molecule has 2 heterocycles. The summed E-state index contributed by atoms with van der Waals surface area (Å²) in [5.41, 5.74) is 2.56. The van der Waals surface area contributed by atoms with Crippen LogP contribution in [-0.2, 0) is 6.54 Å². The smallest absolute Gasteiger partial charge is 0.0475 e. The quantitative estimate of drug-likeness (QED) is 0.903. The molecule has 1 saturated heterocycles. The molecule has 0 bridgehead atoms. The molecule has 3 rings (SSSR count). The first kappa shape index (κ1) is 14.6. The van der Waals surface area contributed by atoms with Gasteiger partial charge in [0.15, 0.2) is 0 Å². The third kappa shape index (κ3) is 3.12. The van der Waals surface area contributed by atoms with Crippen molar-refractivity contribution in [1.82, 2.24) is 14.8 Å². The number of H-pyrrole nitrogens is 1. The number of aromatic nitrogens is 1. The Morgan fingerprint density at radius 2 is 2.19 bits per heavy atom.